The van der Waals surface area contributed by atoms with Gasteiger partial charge < -0.3 is 4.90 Å². The lowest BCUT2D eigenvalue weighted by molar-refractivity contribution is 0.768. The molecule has 5 heteroatoms. The number of anilines is 3. The largest absolute Gasteiger partial charge is 0.309 e. The number of thiophene rings is 1. The summed E-state index contributed by atoms with van der Waals surface area (Å²) >= 11 is 1.87. The molecule has 392 valence electrons. The van der Waals surface area contributed by atoms with Crippen molar-refractivity contribution in [2.75, 3.05) is 4.90 Å². The second kappa shape index (κ2) is 19.2. The van der Waals surface area contributed by atoms with Gasteiger partial charge >= 0.3 is 0 Å². The van der Waals surface area contributed by atoms with Crippen LogP contribution in [0.15, 0.2) is 303 Å². The summed E-state index contributed by atoms with van der Waals surface area (Å²) in [5.74, 6) is 0.626. The summed E-state index contributed by atoms with van der Waals surface area (Å²) in [4.78, 5) is 13.6. The van der Waals surface area contributed by atoms with Crippen molar-refractivity contribution < 1.29 is 0 Å². The average Bonchev–Trinajstić information content (AvgIpc) is 1.76. The first-order chi connectivity index (χ1) is 41.7. The number of hydrogen-bond donors (Lipinski definition) is 0. The van der Waals surface area contributed by atoms with E-state index in [-0.39, 0.29) is 0 Å². The molecule has 0 atom stereocenters. The highest BCUT2D eigenvalue weighted by Gasteiger charge is 2.46. The summed E-state index contributed by atoms with van der Waals surface area (Å²) in [6.07, 6.45) is 0. The van der Waals surface area contributed by atoms with Crippen molar-refractivity contribution in [2.45, 2.75) is 5.41 Å². The Morgan fingerprint density at radius 2 is 0.857 bits per heavy atom. The van der Waals surface area contributed by atoms with Gasteiger partial charge in [-0.05, 0) is 109 Å². The molecular weight excluding hydrogens is 1040 g/mol. The summed E-state index contributed by atoms with van der Waals surface area (Å²) in [6, 6.07) is 111. The topological polar surface area (TPSA) is 34.0 Å². The molecule has 17 rings (SSSR count). The number of nitrogens with zero attached hydrogens (tertiary/aromatic N) is 4. The molecule has 4 nitrogen and oxygen atoms in total. The van der Waals surface area contributed by atoms with Gasteiger partial charge in [-0.1, -0.05) is 255 Å². The first-order valence-electron chi connectivity index (χ1n) is 28.7. The molecule has 0 spiro atoms. The van der Waals surface area contributed by atoms with Crippen LogP contribution in [-0.4, -0.2) is 14.5 Å². The van der Waals surface area contributed by atoms with Gasteiger partial charge in [-0.2, -0.15) is 0 Å². The van der Waals surface area contributed by atoms with E-state index < -0.39 is 5.41 Å². The van der Waals surface area contributed by atoms with Gasteiger partial charge in [0.1, 0.15) is 0 Å². The number of benzene rings is 13. The molecule has 0 amide bonds. The van der Waals surface area contributed by atoms with Gasteiger partial charge in [0.05, 0.1) is 38.2 Å². The van der Waals surface area contributed by atoms with Crippen LogP contribution >= 0.6 is 11.3 Å². The highest BCUT2D eigenvalue weighted by Crippen LogP contribution is 2.58. The van der Waals surface area contributed by atoms with Gasteiger partial charge in [-0.3, -0.25) is 4.57 Å². The maximum Gasteiger partial charge on any atom is 0.235 e. The van der Waals surface area contributed by atoms with Crippen LogP contribution in [0.5, 0.6) is 0 Å². The average molecular weight is 1090 g/mol. The zero-order valence-electron chi connectivity index (χ0n) is 45.6. The second-order valence-electron chi connectivity index (χ2n) is 21.9. The molecule has 1 aliphatic rings. The van der Waals surface area contributed by atoms with E-state index in [2.05, 4.69) is 313 Å². The van der Waals surface area contributed by atoms with E-state index in [1.165, 1.54) is 91.6 Å². The van der Waals surface area contributed by atoms with Crippen LogP contribution < -0.4 is 4.90 Å². The van der Waals surface area contributed by atoms with Crippen LogP contribution in [0, 0.1) is 0 Å². The summed E-state index contributed by atoms with van der Waals surface area (Å²) in [7, 11) is 0. The summed E-state index contributed by atoms with van der Waals surface area (Å²) in [6.45, 7) is 0. The van der Waals surface area contributed by atoms with Gasteiger partial charge in [0.25, 0.3) is 0 Å². The monoisotopic (exact) mass is 1090 g/mol. The number of aromatic nitrogens is 3. The highest BCUT2D eigenvalue weighted by molar-refractivity contribution is 7.26. The van der Waals surface area contributed by atoms with E-state index in [0.717, 1.165) is 56.0 Å². The highest BCUT2D eigenvalue weighted by atomic mass is 32.1. The Kier molecular flexibility index (Phi) is 11.0. The van der Waals surface area contributed by atoms with Crippen molar-refractivity contribution in [3.63, 3.8) is 0 Å². The Hall–Kier alpha value is -10.7. The van der Waals surface area contributed by atoms with E-state index in [0.29, 0.717) is 5.95 Å². The Labute approximate surface area is 490 Å². The normalized spacial score (nSPS) is 12.6. The van der Waals surface area contributed by atoms with Gasteiger partial charge in [-0.15, -0.1) is 11.3 Å². The molecule has 0 fully saturated rings. The molecule has 0 N–H and O–H groups in total. The molecular formula is C79H50N4S. The fourth-order valence-corrected chi connectivity index (χ4v) is 15.1. The molecule has 16 aromatic rings. The summed E-state index contributed by atoms with van der Waals surface area (Å²) in [5.41, 5.74) is 18.5. The first-order valence-corrected chi connectivity index (χ1v) is 29.5. The molecule has 0 saturated heterocycles. The third kappa shape index (κ3) is 7.26. The molecule has 84 heavy (non-hydrogen) atoms. The SMILES string of the molecule is c1ccc(-c2ccc(N(c3ccc4c(c3)C(c3ccccc3)(c3ccccc3)c3ccccc3-4)c3cccc4c3sc3ccc5c(c34)c3c4ccccc4c4ccccc4c3n5-c3nc(-c4ccccc4)cc(-c4ccccc4)n3)cc2)cc1. The maximum atomic E-state index is 5.55. The number of fused-ring (bicyclic) bond motifs is 15. The van der Waals surface area contributed by atoms with Crippen LogP contribution in [0.1, 0.15) is 22.3 Å². The third-order valence-corrected chi connectivity index (χ3v) is 18.7. The Balaban J connectivity index is 0.960. The third-order valence-electron chi connectivity index (χ3n) is 17.5. The lowest BCUT2D eigenvalue weighted by Crippen LogP contribution is -2.28. The first kappa shape index (κ1) is 48.0. The van der Waals surface area contributed by atoms with Crippen LogP contribution in [0.3, 0.4) is 0 Å². The minimum atomic E-state index is -0.574. The van der Waals surface area contributed by atoms with Crippen molar-refractivity contribution in [2.24, 2.45) is 0 Å². The van der Waals surface area contributed by atoms with E-state index in [4.69, 9.17) is 9.97 Å². The van der Waals surface area contributed by atoms with Gasteiger partial charge in [0.2, 0.25) is 5.95 Å². The van der Waals surface area contributed by atoms with Gasteiger partial charge in [0.15, 0.2) is 0 Å². The standard InChI is InChI=1S/C79H50N4S/c1-6-23-51(24-7-1)52-41-43-57(44-42-52)82(58-45-46-62-61-35-20-21-39-66(61)79(67(62)49-58,55-29-12-4-13-30-55)56-31-14-5-15-32-56)71-40-22-38-65-73-72(84-77(65)71)48-47-70-75(73)74-63-36-18-16-33-59(63)60-34-17-19-37-64(60)76(74)83(70)78-80-68(53-25-8-2-9-26-53)50-69(81-78)54-27-10-3-11-28-54/h1-50H. The van der Waals surface area contributed by atoms with E-state index in [9.17, 15) is 0 Å². The van der Waals surface area contributed by atoms with Gasteiger partial charge in [0, 0.05) is 54.1 Å². The molecule has 0 unspecified atom stereocenters. The van der Waals surface area contributed by atoms with Crippen molar-refractivity contribution in [1.82, 2.24) is 14.5 Å². The van der Waals surface area contributed by atoms with Crippen molar-refractivity contribution in [3.05, 3.63) is 326 Å². The van der Waals surface area contributed by atoms with Crippen molar-refractivity contribution >= 4 is 91.9 Å². The Morgan fingerprint density at radius 3 is 1.51 bits per heavy atom. The lowest BCUT2D eigenvalue weighted by Gasteiger charge is -2.35. The summed E-state index contributed by atoms with van der Waals surface area (Å²) in [5, 5.41) is 9.54. The van der Waals surface area contributed by atoms with E-state index in [1.807, 2.05) is 11.3 Å². The Bertz CT molecular complexity index is 5130. The van der Waals surface area contributed by atoms with Crippen molar-refractivity contribution in [3.8, 4) is 50.7 Å². The van der Waals surface area contributed by atoms with Crippen molar-refractivity contribution in [1.29, 1.82) is 0 Å². The zero-order valence-corrected chi connectivity index (χ0v) is 46.4. The van der Waals surface area contributed by atoms with Crippen LogP contribution in [0.4, 0.5) is 17.1 Å². The molecule has 0 aliphatic heterocycles. The van der Waals surface area contributed by atoms with Crippen LogP contribution in [0.2, 0.25) is 0 Å². The van der Waals surface area contributed by atoms with Crippen LogP contribution in [0.25, 0.3) is 114 Å². The lowest BCUT2D eigenvalue weighted by atomic mass is 9.67. The predicted octanol–water partition coefficient (Wildman–Crippen LogP) is 21.1. The molecule has 0 bridgehead atoms. The molecule has 1 aliphatic carbocycles. The molecule has 3 heterocycles. The smallest absolute Gasteiger partial charge is 0.235 e. The van der Waals surface area contributed by atoms with Crippen LogP contribution in [-0.2, 0) is 5.41 Å². The minimum Gasteiger partial charge on any atom is -0.309 e. The predicted molar refractivity (Wildman–Crippen MR) is 353 cm³/mol. The fraction of sp³-hybridized carbons (Fsp3) is 0.0127. The quantitative estimate of drug-likeness (QED) is 0.135. The van der Waals surface area contributed by atoms with E-state index >= 15 is 0 Å². The maximum absolute atomic E-state index is 5.55. The summed E-state index contributed by atoms with van der Waals surface area (Å²) < 4.78 is 4.77. The number of hydrogen-bond acceptors (Lipinski definition) is 4. The molecule has 3 aromatic heterocycles. The molecule has 0 saturated carbocycles. The number of rotatable bonds is 9. The Morgan fingerprint density at radius 1 is 0.345 bits per heavy atom. The fourth-order valence-electron chi connectivity index (χ4n) is 13.9. The second-order valence-corrected chi connectivity index (χ2v) is 23.0. The van der Waals surface area contributed by atoms with E-state index in [1.54, 1.807) is 0 Å². The van der Waals surface area contributed by atoms with Gasteiger partial charge in [-0.25, -0.2) is 9.97 Å². The zero-order chi connectivity index (χ0) is 55.3. The molecule has 13 aromatic carbocycles. The molecule has 0 radical (unpaired) electrons. The minimum absolute atomic E-state index is 0.574.